The molecule has 1 aliphatic heterocycles. The van der Waals surface area contributed by atoms with E-state index in [0.717, 1.165) is 18.1 Å². The molecule has 0 bridgehead atoms. The van der Waals surface area contributed by atoms with E-state index in [0.29, 0.717) is 0 Å². The maximum absolute atomic E-state index is 4.70. The van der Waals surface area contributed by atoms with Gasteiger partial charge in [-0.25, -0.2) is 0 Å². The minimum absolute atomic E-state index is 0.0383. The molecule has 3 heteroatoms. The average Bonchev–Trinajstić information content (AvgIpc) is 2.43. The summed E-state index contributed by atoms with van der Waals surface area (Å²) in [5.74, 6) is 0. The van der Waals surface area contributed by atoms with E-state index in [2.05, 4.69) is 39.3 Å². The largest absolute Gasteiger partial charge is 0.355 e. The van der Waals surface area contributed by atoms with E-state index in [1.54, 1.807) is 11.8 Å². The van der Waals surface area contributed by atoms with E-state index in [1.807, 2.05) is 0 Å². The van der Waals surface area contributed by atoms with Crippen LogP contribution in [-0.4, -0.2) is 29.2 Å². The van der Waals surface area contributed by atoms with Crippen LogP contribution in [0.3, 0.4) is 0 Å². The summed E-state index contributed by atoms with van der Waals surface area (Å²) < 4.78 is 0. The van der Waals surface area contributed by atoms with Gasteiger partial charge < -0.3 is 4.90 Å². The number of hydrogen-bond acceptors (Lipinski definition) is 3. The van der Waals surface area contributed by atoms with E-state index >= 15 is 0 Å². The number of nitrogens with zero attached hydrogens (tertiary/aromatic N) is 2. The Morgan fingerprint density at radius 1 is 1.54 bits per heavy atom. The molecule has 0 aromatic rings. The first-order chi connectivity index (χ1) is 6.03. The van der Waals surface area contributed by atoms with Crippen molar-refractivity contribution in [1.82, 2.24) is 4.90 Å². The summed E-state index contributed by atoms with van der Waals surface area (Å²) >= 11 is 1.71. The lowest BCUT2D eigenvalue weighted by Gasteiger charge is -2.18. The Labute approximate surface area is 85.1 Å². The highest BCUT2D eigenvalue weighted by molar-refractivity contribution is 8.17. The second kappa shape index (κ2) is 3.74. The van der Waals surface area contributed by atoms with Crippen LogP contribution in [0.15, 0.2) is 16.5 Å². The second-order valence-corrected chi connectivity index (χ2v) is 4.62. The van der Waals surface area contributed by atoms with Gasteiger partial charge in [-0.3, -0.25) is 4.99 Å². The third-order valence-corrected chi connectivity index (χ3v) is 3.92. The fraction of sp³-hybridized carbons (Fsp3) is 0.700. The van der Waals surface area contributed by atoms with Crippen LogP contribution < -0.4 is 0 Å². The molecule has 0 fully saturated rings. The molecule has 1 aliphatic rings. The molecule has 1 atom stereocenters. The molecule has 0 N–H and O–H groups in total. The highest BCUT2D eigenvalue weighted by Crippen LogP contribution is 2.40. The zero-order valence-corrected chi connectivity index (χ0v) is 9.74. The first kappa shape index (κ1) is 10.6. The number of amidine groups is 1. The van der Waals surface area contributed by atoms with Crippen molar-refractivity contribution in [3.63, 3.8) is 0 Å². The van der Waals surface area contributed by atoms with Gasteiger partial charge in [-0.2, -0.15) is 0 Å². The first-order valence-corrected chi connectivity index (χ1v) is 5.53. The molecule has 0 saturated heterocycles. The standard InChI is InChI=1S/C10H18N2S/c1-6-10(4)8(3)13-9(11-10)12(5)7-2/h3,6-7H2,1-2,4-5H3. The van der Waals surface area contributed by atoms with Gasteiger partial charge in [-0.1, -0.05) is 25.3 Å². The Kier molecular flexibility index (Phi) is 3.06. The van der Waals surface area contributed by atoms with Crippen molar-refractivity contribution < 1.29 is 0 Å². The summed E-state index contributed by atoms with van der Waals surface area (Å²) in [6, 6.07) is 0. The Morgan fingerprint density at radius 3 is 2.54 bits per heavy atom. The molecule has 2 nitrogen and oxygen atoms in total. The van der Waals surface area contributed by atoms with Crippen molar-refractivity contribution in [2.24, 2.45) is 4.99 Å². The topological polar surface area (TPSA) is 15.6 Å². The summed E-state index contributed by atoms with van der Waals surface area (Å²) in [5, 5.41) is 1.11. The fourth-order valence-corrected chi connectivity index (χ4v) is 2.25. The highest BCUT2D eigenvalue weighted by Gasteiger charge is 2.33. The predicted molar refractivity (Wildman–Crippen MR) is 61.2 cm³/mol. The van der Waals surface area contributed by atoms with Crippen LogP contribution in [0, 0.1) is 0 Å². The van der Waals surface area contributed by atoms with Gasteiger partial charge >= 0.3 is 0 Å². The van der Waals surface area contributed by atoms with Gasteiger partial charge in [0.1, 0.15) is 0 Å². The number of hydrogen-bond donors (Lipinski definition) is 0. The van der Waals surface area contributed by atoms with Crippen LogP contribution in [0.1, 0.15) is 27.2 Å². The smallest absolute Gasteiger partial charge is 0.164 e. The summed E-state index contributed by atoms with van der Waals surface area (Å²) in [4.78, 5) is 8.03. The second-order valence-electron chi connectivity index (χ2n) is 3.56. The molecule has 0 radical (unpaired) electrons. The van der Waals surface area contributed by atoms with Gasteiger partial charge in [0.2, 0.25) is 0 Å². The number of rotatable bonds is 2. The van der Waals surface area contributed by atoms with Gasteiger partial charge in [-0.05, 0) is 20.3 Å². The summed E-state index contributed by atoms with van der Waals surface area (Å²) in [5.41, 5.74) is -0.0383. The highest BCUT2D eigenvalue weighted by atomic mass is 32.2. The Balaban J connectivity index is 2.83. The van der Waals surface area contributed by atoms with E-state index < -0.39 is 0 Å². The van der Waals surface area contributed by atoms with E-state index in [9.17, 15) is 0 Å². The van der Waals surface area contributed by atoms with Crippen LogP contribution in [0.5, 0.6) is 0 Å². The summed E-state index contributed by atoms with van der Waals surface area (Å²) in [6.45, 7) is 11.5. The van der Waals surface area contributed by atoms with Crippen molar-refractivity contribution in [3.05, 3.63) is 11.5 Å². The normalized spacial score (nSPS) is 27.7. The molecule has 1 unspecified atom stereocenters. The predicted octanol–water partition coefficient (Wildman–Crippen LogP) is 2.72. The molecule has 1 heterocycles. The van der Waals surface area contributed by atoms with Crippen LogP contribution in [0.2, 0.25) is 0 Å². The zero-order valence-electron chi connectivity index (χ0n) is 8.92. The monoisotopic (exact) mass is 198 g/mol. The first-order valence-electron chi connectivity index (χ1n) is 4.71. The summed E-state index contributed by atoms with van der Waals surface area (Å²) in [7, 11) is 2.07. The maximum Gasteiger partial charge on any atom is 0.164 e. The molecule has 74 valence electrons. The molecule has 0 aromatic heterocycles. The van der Waals surface area contributed by atoms with Gasteiger partial charge in [0.05, 0.1) is 5.54 Å². The van der Waals surface area contributed by atoms with E-state index in [1.165, 1.54) is 4.91 Å². The van der Waals surface area contributed by atoms with Gasteiger partial charge in [0.15, 0.2) is 5.17 Å². The van der Waals surface area contributed by atoms with Crippen molar-refractivity contribution in [2.75, 3.05) is 13.6 Å². The van der Waals surface area contributed by atoms with Crippen LogP contribution in [0.25, 0.3) is 0 Å². The molecule has 0 aromatic carbocycles. The summed E-state index contributed by atoms with van der Waals surface area (Å²) in [6.07, 6.45) is 1.03. The molecular weight excluding hydrogens is 180 g/mol. The van der Waals surface area contributed by atoms with Gasteiger partial charge in [-0.15, -0.1) is 0 Å². The number of thioether (sulfide) groups is 1. The minimum Gasteiger partial charge on any atom is -0.355 e. The third kappa shape index (κ3) is 1.90. The van der Waals surface area contributed by atoms with Crippen LogP contribution >= 0.6 is 11.8 Å². The lowest BCUT2D eigenvalue weighted by Crippen LogP contribution is -2.23. The molecule has 0 spiro atoms. The molecule has 0 aliphatic carbocycles. The van der Waals surface area contributed by atoms with Crippen molar-refractivity contribution >= 4 is 16.9 Å². The van der Waals surface area contributed by atoms with Crippen molar-refractivity contribution in [3.8, 4) is 0 Å². The van der Waals surface area contributed by atoms with E-state index in [-0.39, 0.29) is 5.54 Å². The number of aliphatic imine (C=N–C) groups is 1. The van der Waals surface area contributed by atoms with Crippen molar-refractivity contribution in [1.29, 1.82) is 0 Å². The third-order valence-electron chi connectivity index (χ3n) is 2.65. The lowest BCUT2D eigenvalue weighted by molar-refractivity contribution is 0.518. The van der Waals surface area contributed by atoms with Crippen LogP contribution in [0.4, 0.5) is 0 Å². The molecule has 13 heavy (non-hydrogen) atoms. The quantitative estimate of drug-likeness (QED) is 0.678. The van der Waals surface area contributed by atoms with Gasteiger partial charge in [0.25, 0.3) is 0 Å². The Hall–Kier alpha value is -0.440. The fourth-order valence-electron chi connectivity index (χ4n) is 1.09. The average molecular weight is 198 g/mol. The minimum atomic E-state index is -0.0383. The van der Waals surface area contributed by atoms with E-state index in [4.69, 9.17) is 4.99 Å². The Morgan fingerprint density at radius 2 is 2.15 bits per heavy atom. The molecule has 1 rings (SSSR count). The molecule has 0 saturated carbocycles. The molecular formula is C10H18N2S. The van der Waals surface area contributed by atoms with Crippen molar-refractivity contribution in [2.45, 2.75) is 32.7 Å². The molecule has 0 amide bonds. The Bertz CT molecular complexity index is 247. The van der Waals surface area contributed by atoms with Crippen LogP contribution in [-0.2, 0) is 0 Å². The SMILES string of the molecule is C=C1SC(N(C)CC)=NC1(C)CC. The lowest BCUT2D eigenvalue weighted by atomic mass is 10.0. The maximum atomic E-state index is 4.70. The zero-order chi connectivity index (χ0) is 10.1. The van der Waals surface area contributed by atoms with Gasteiger partial charge in [0, 0.05) is 18.5 Å².